The van der Waals surface area contributed by atoms with Gasteiger partial charge in [-0.05, 0) is 27.2 Å². The molecular formula is C34H36N5+. The van der Waals surface area contributed by atoms with Gasteiger partial charge >= 0.3 is 5.96 Å². The van der Waals surface area contributed by atoms with Crippen molar-refractivity contribution < 1.29 is 4.58 Å². The smallest absolute Gasteiger partial charge is 0.322 e. The molecule has 2 unspecified atom stereocenters. The van der Waals surface area contributed by atoms with Crippen LogP contribution in [0.5, 0.6) is 0 Å². The molecular weight excluding hydrogens is 478 g/mol. The zero-order chi connectivity index (χ0) is 26.9. The number of rotatable bonds is 4. The van der Waals surface area contributed by atoms with Gasteiger partial charge in [0.1, 0.15) is 12.1 Å². The molecule has 2 heterocycles. The van der Waals surface area contributed by atoms with Gasteiger partial charge in [-0.2, -0.15) is 0 Å². The zero-order valence-electron chi connectivity index (χ0n) is 23.1. The lowest BCUT2D eigenvalue weighted by Gasteiger charge is -2.26. The summed E-state index contributed by atoms with van der Waals surface area (Å²) in [4.78, 5) is 12.5. The first kappa shape index (κ1) is 24.9. The van der Waals surface area contributed by atoms with Gasteiger partial charge in [-0.25, -0.2) is 0 Å². The number of benzene rings is 4. The Morgan fingerprint density at radius 3 is 1.26 bits per heavy atom. The Balaban J connectivity index is 1.47. The number of hydrogen-bond acceptors (Lipinski definition) is 2. The molecule has 0 N–H and O–H groups in total. The molecule has 39 heavy (non-hydrogen) atoms. The van der Waals surface area contributed by atoms with E-state index in [2.05, 4.69) is 169 Å². The van der Waals surface area contributed by atoms with Crippen LogP contribution in [-0.4, -0.2) is 59.4 Å². The van der Waals surface area contributed by atoms with Crippen molar-refractivity contribution >= 4 is 11.9 Å². The molecule has 5 nitrogen and oxygen atoms in total. The van der Waals surface area contributed by atoms with Gasteiger partial charge in [0.15, 0.2) is 0 Å². The number of aliphatic imine (C=N–C) groups is 1. The molecule has 4 aromatic carbocycles. The van der Waals surface area contributed by atoms with Crippen molar-refractivity contribution in [2.24, 2.45) is 4.99 Å². The maximum Gasteiger partial charge on any atom is 0.393 e. The van der Waals surface area contributed by atoms with Gasteiger partial charge in [0.25, 0.3) is 5.96 Å². The minimum Gasteiger partial charge on any atom is -0.322 e. The lowest BCUT2D eigenvalue weighted by molar-refractivity contribution is -0.539. The van der Waals surface area contributed by atoms with E-state index < -0.39 is 0 Å². The largest absolute Gasteiger partial charge is 0.393 e. The Morgan fingerprint density at radius 2 is 0.846 bits per heavy atom. The van der Waals surface area contributed by atoms with Crippen LogP contribution in [0.15, 0.2) is 126 Å². The monoisotopic (exact) mass is 514 g/mol. The summed E-state index contributed by atoms with van der Waals surface area (Å²) in [6.07, 6.45) is 0. The van der Waals surface area contributed by atoms with E-state index in [0.717, 1.165) is 11.9 Å². The highest BCUT2D eigenvalue weighted by Gasteiger charge is 2.49. The van der Waals surface area contributed by atoms with Crippen molar-refractivity contribution in [2.75, 3.05) is 28.2 Å². The maximum absolute atomic E-state index is 5.44. The minimum atomic E-state index is 0.143. The van der Waals surface area contributed by atoms with E-state index in [0.29, 0.717) is 0 Å². The molecule has 4 aromatic rings. The summed E-state index contributed by atoms with van der Waals surface area (Å²) in [5.41, 5.74) is 5.14. The second-order valence-corrected chi connectivity index (χ2v) is 10.6. The molecule has 196 valence electrons. The highest BCUT2D eigenvalue weighted by molar-refractivity contribution is 5.95. The van der Waals surface area contributed by atoms with Gasteiger partial charge in [0.2, 0.25) is 0 Å². The first-order valence-electron chi connectivity index (χ1n) is 13.6. The maximum atomic E-state index is 5.44. The third-order valence-corrected chi connectivity index (χ3v) is 8.29. The second kappa shape index (κ2) is 10.4. The highest BCUT2D eigenvalue weighted by atomic mass is 15.5. The van der Waals surface area contributed by atoms with Crippen LogP contribution in [0.2, 0.25) is 0 Å². The topological polar surface area (TPSA) is 25.1 Å². The molecule has 0 aliphatic carbocycles. The minimum absolute atomic E-state index is 0.143. The Labute approximate surface area is 232 Å². The summed E-state index contributed by atoms with van der Waals surface area (Å²) in [6.45, 7) is 0. The molecule has 0 spiro atoms. The zero-order valence-corrected chi connectivity index (χ0v) is 23.1. The third-order valence-electron chi connectivity index (χ3n) is 8.29. The number of likely N-dealkylation sites (N-methyl/N-ethyl adjacent to an activating group) is 4. The van der Waals surface area contributed by atoms with Crippen molar-refractivity contribution in [1.82, 2.24) is 14.7 Å². The summed E-state index contributed by atoms with van der Waals surface area (Å²) in [5.74, 6) is 1.93. The predicted molar refractivity (Wildman–Crippen MR) is 159 cm³/mol. The average molecular weight is 515 g/mol. The van der Waals surface area contributed by atoms with E-state index >= 15 is 0 Å². The van der Waals surface area contributed by atoms with Crippen molar-refractivity contribution in [2.45, 2.75) is 24.2 Å². The van der Waals surface area contributed by atoms with E-state index in [1.54, 1.807) is 0 Å². The van der Waals surface area contributed by atoms with Crippen molar-refractivity contribution in [3.63, 3.8) is 0 Å². The van der Waals surface area contributed by atoms with Crippen LogP contribution < -0.4 is 0 Å². The van der Waals surface area contributed by atoms with Gasteiger partial charge in [-0.15, -0.1) is 0 Å². The third kappa shape index (κ3) is 4.38. The van der Waals surface area contributed by atoms with Crippen molar-refractivity contribution in [3.05, 3.63) is 144 Å². The van der Waals surface area contributed by atoms with Crippen LogP contribution in [-0.2, 0) is 0 Å². The fourth-order valence-electron chi connectivity index (χ4n) is 6.47. The summed E-state index contributed by atoms with van der Waals surface area (Å²) >= 11 is 0. The normalized spacial score (nSPS) is 24.2. The van der Waals surface area contributed by atoms with Gasteiger partial charge in [0, 0.05) is 14.1 Å². The Kier molecular flexibility index (Phi) is 6.65. The molecule has 0 bridgehead atoms. The molecule has 1 saturated heterocycles. The molecule has 0 saturated carbocycles. The van der Waals surface area contributed by atoms with Crippen LogP contribution in [0.25, 0.3) is 0 Å². The summed E-state index contributed by atoms with van der Waals surface area (Å²) < 4.78 is 2.34. The molecule has 6 rings (SSSR count). The van der Waals surface area contributed by atoms with Gasteiger partial charge in [-0.3, -0.25) is 9.48 Å². The number of nitrogens with zero attached hydrogens (tertiary/aromatic N) is 5. The molecule has 1 fully saturated rings. The van der Waals surface area contributed by atoms with Crippen LogP contribution in [0.3, 0.4) is 0 Å². The number of guanidine groups is 2. The molecule has 4 atom stereocenters. The van der Waals surface area contributed by atoms with Gasteiger partial charge < -0.3 is 9.80 Å². The summed E-state index contributed by atoms with van der Waals surface area (Å²) in [5, 5.41) is 0. The fourth-order valence-corrected chi connectivity index (χ4v) is 6.47. The van der Waals surface area contributed by atoms with Crippen LogP contribution in [0.1, 0.15) is 46.4 Å². The molecule has 0 aromatic heterocycles. The number of hydrogen-bond donors (Lipinski definition) is 0. The standard InChI is InChI=1S/C34H36N5/c1-36-29(25-17-9-5-10-18-25)30(26-19-11-6-12-20-26)37(2)33(36)35-34-38(3)31(27-21-13-7-14-22-27)32(39(34)4)28-23-15-8-16-24-28/h5-24,29-32H,1-4H3/q+1/t29-,30?,31-,32?/m1/s1. The summed E-state index contributed by atoms with van der Waals surface area (Å²) in [7, 11) is 8.70. The molecule has 2 aliphatic heterocycles. The van der Waals surface area contributed by atoms with Crippen molar-refractivity contribution in [3.8, 4) is 0 Å². The van der Waals surface area contributed by atoms with E-state index in [9.17, 15) is 0 Å². The first-order valence-corrected chi connectivity index (χ1v) is 13.6. The molecule has 2 aliphatic rings. The lowest BCUT2D eigenvalue weighted by atomic mass is 9.93. The Morgan fingerprint density at radius 1 is 0.487 bits per heavy atom. The Hall–Kier alpha value is -4.38. The molecule has 0 radical (unpaired) electrons. The molecule has 5 heteroatoms. The van der Waals surface area contributed by atoms with Crippen LogP contribution >= 0.6 is 0 Å². The SMILES string of the molecule is CN1C(=NC2=[N+](C)C(c3ccccc3)[C@@H](c3ccccc3)N2C)N(C)[C@H](c2ccccc2)C1c1ccccc1. The first-order chi connectivity index (χ1) is 19.1. The lowest BCUT2D eigenvalue weighted by Crippen LogP contribution is -2.34. The van der Waals surface area contributed by atoms with E-state index in [1.165, 1.54) is 22.3 Å². The average Bonchev–Trinajstić information content (AvgIpc) is 3.39. The van der Waals surface area contributed by atoms with E-state index in [-0.39, 0.29) is 24.2 Å². The fraction of sp³-hybridized carbons (Fsp3) is 0.235. The van der Waals surface area contributed by atoms with E-state index in [4.69, 9.17) is 4.99 Å². The van der Waals surface area contributed by atoms with Crippen molar-refractivity contribution in [1.29, 1.82) is 0 Å². The summed E-state index contributed by atoms with van der Waals surface area (Å²) in [6, 6.07) is 43.8. The quantitative estimate of drug-likeness (QED) is 0.307. The highest BCUT2D eigenvalue weighted by Crippen LogP contribution is 2.44. The second-order valence-electron chi connectivity index (χ2n) is 10.6. The predicted octanol–water partition coefficient (Wildman–Crippen LogP) is 6.13. The van der Waals surface area contributed by atoms with Gasteiger partial charge in [0.05, 0.1) is 26.2 Å². The Bertz CT molecular complexity index is 1410. The van der Waals surface area contributed by atoms with Crippen LogP contribution in [0.4, 0.5) is 0 Å². The van der Waals surface area contributed by atoms with E-state index in [1.807, 2.05) is 0 Å². The van der Waals surface area contributed by atoms with Crippen LogP contribution in [0, 0.1) is 0 Å². The van der Waals surface area contributed by atoms with Gasteiger partial charge in [-0.1, -0.05) is 121 Å². The molecule has 0 amide bonds.